The third kappa shape index (κ3) is 1.85. The van der Waals surface area contributed by atoms with E-state index in [0.29, 0.717) is 0 Å². The zero-order chi connectivity index (χ0) is 12.5. The van der Waals surface area contributed by atoms with Crippen molar-refractivity contribution < 1.29 is 0 Å². The van der Waals surface area contributed by atoms with E-state index in [9.17, 15) is 0 Å². The van der Waals surface area contributed by atoms with E-state index in [1.54, 1.807) is 10.4 Å². The second-order valence-corrected chi connectivity index (χ2v) is 9.40. The number of allylic oxidation sites excluding steroid dienone is 5. The summed E-state index contributed by atoms with van der Waals surface area (Å²) in [6.45, 7) is 11.0. The molecule has 1 aliphatic heterocycles. The number of fused-ring (bicyclic) bond motifs is 1. The van der Waals surface area contributed by atoms with Crippen molar-refractivity contribution >= 4 is 18.8 Å². The summed E-state index contributed by atoms with van der Waals surface area (Å²) in [5.74, 6) is 0. The zero-order valence-electron chi connectivity index (χ0n) is 11.0. The highest BCUT2D eigenvalue weighted by Crippen LogP contribution is 2.35. The monoisotopic (exact) mass is 240 g/mol. The van der Waals surface area contributed by atoms with E-state index in [0.717, 1.165) is 6.42 Å². The minimum Gasteiger partial charge on any atom is -0.0991 e. The topological polar surface area (TPSA) is 0 Å². The highest BCUT2D eigenvalue weighted by atomic mass is 28.3. The van der Waals surface area contributed by atoms with Gasteiger partial charge in [-0.05, 0) is 22.7 Å². The van der Waals surface area contributed by atoms with Gasteiger partial charge in [-0.2, -0.15) is 0 Å². The number of hydrogen-bond acceptors (Lipinski definition) is 0. The maximum Gasteiger partial charge on any atom is 0.109 e. The van der Waals surface area contributed by atoms with Gasteiger partial charge in [0.05, 0.1) is 0 Å². The summed E-state index contributed by atoms with van der Waals surface area (Å²) in [7, 11) is -1.41. The van der Waals surface area contributed by atoms with Crippen molar-refractivity contribution in [3.8, 4) is 0 Å². The average molecular weight is 240 g/mol. The van der Waals surface area contributed by atoms with Crippen molar-refractivity contribution in [1.29, 1.82) is 0 Å². The highest BCUT2D eigenvalue weighted by molar-refractivity contribution is 6.98. The van der Waals surface area contributed by atoms with Gasteiger partial charge in [-0.3, -0.25) is 0 Å². The minimum absolute atomic E-state index is 1.16. The first-order valence-corrected chi connectivity index (χ1v) is 9.25. The SMILES string of the molecule is C=C/C=C\C1=C(CC)[Si](C)(C)c2ccccc21. The third-order valence-corrected chi connectivity index (χ3v) is 7.64. The van der Waals surface area contributed by atoms with Crippen molar-refractivity contribution in [2.24, 2.45) is 0 Å². The molecule has 0 aliphatic carbocycles. The minimum atomic E-state index is -1.41. The van der Waals surface area contributed by atoms with Crippen LogP contribution >= 0.6 is 0 Å². The Labute approximate surface area is 105 Å². The fourth-order valence-electron chi connectivity index (χ4n) is 2.91. The van der Waals surface area contributed by atoms with E-state index >= 15 is 0 Å². The van der Waals surface area contributed by atoms with Gasteiger partial charge in [0.25, 0.3) is 0 Å². The van der Waals surface area contributed by atoms with Crippen molar-refractivity contribution in [2.75, 3.05) is 0 Å². The molecule has 0 nitrogen and oxygen atoms in total. The van der Waals surface area contributed by atoms with Gasteiger partial charge in [0.2, 0.25) is 0 Å². The Balaban J connectivity index is 2.66. The van der Waals surface area contributed by atoms with Crippen LogP contribution in [0.2, 0.25) is 13.1 Å². The van der Waals surface area contributed by atoms with E-state index in [-0.39, 0.29) is 0 Å². The molecular formula is C16H20Si. The van der Waals surface area contributed by atoms with Crippen molar-refractivity contribution in [3.63, 3.8) is 0 Å². The van der Waals surface area contributed by atoms with Crippen LogP contribution in [-0.2, 0) is 0 Å². The molecule has 0 saturated carbocycles. The van der Waals surface area contributed by atoms with Crippen LogP contribution in [0.1, 0.15) is 18.9 Å². The fourth-order valence-corrected chi connectivity index (χ4v) is 6.42. The molecule has 0 aromatic heterocycles. The van der Waals surface area contributed by atoms with E-state index in [1.165, 1.54) is 11.1 Å². The molecule has 0 spiro atoms. The molecule has 0 atom stereocenters. The summed E-state index contributed by atoms with van der Waals surface area (Å²) in [6.07, 6.45) is 7.30. The van der Waals surface area contributed by atoms with E-state index < -0.39 is 8.07 Å². The van der Waals surface area contributed by atoms with Crippen LogP contribution in [0.15, 0.2) is 54.3 Å². The van der Waals surface area contributed by atoms with Gasteiger partial charge >= 0.3 is 0 Å². The first-order chi connectivity index (χ1) is 8.12. The lowest BCUT2D eigenvalue weighted by Gasteiger charge is -2.21. The molecule has 1 aromatic carbocycles. The first-order valence-electron chi connectivity index (χ1n) is 6.25. The number of rotatable bonds is 3. The van der Waals surface area contributed by atoms with Crippen LogP contribution < -0.4 is 5.19 Å². The number of benzene rings is 1. The van der Waals surface area contributed by atoms with E-state index in [1.807, 2.05) is 6.08 Å². The van der Waals surface area contributed by atoms with Crippen LogP contribution in [0.4, 0.5) is 0 Å². The smallest absolute Gasteiger partial charge is 0.0991 e. The van der Waals surface area contributed by atoms with Gasteiger partial charge in [-0.25, -0.2) is 0 Å². The lowest BCUT2D eigenvalue weighted by atomic mass is 10.0. The Morgan fingerprint density at radius 3 is 2.59 bits per heavy atom. The molecule has 0 fully saturated rings. The highest BCUT2D eigenvalue weighted by Gasteiger charge is 2.37. The quantitative estimate of drug-likeness (QED) is 0.552. The third-order valence-electron chi connectivity index (χ3n) is 3.72. The van der Waals surface area contributed by atoms with Crippen LogP contribution in [0.25, 0.3) is 5.57 Å². The lowest BCUT2D eigenvalue weighted by molar-refractivity contribution is 1.18. The van der Waals surface area contributed by atoms with Crippen molar-refractivity contribution in [2.45, 2.75) is 26.4 Å². The molecule has 0 unspecified atom stereocenters. The predicted molar refractivity (Wildman–Crippen MR) is 80.1 cm³/mol. The first kappa shape index (κ1) is 12.1. The van der Waals surface area contributed by atoms with Crippen LogP contribution in [0, 0.1) is 0 Å². The number of hydrogen-bond donors (Lipinski definition) is 0. The second-order valence-electron chi connectivity index (χ2n) is 5.01. The van der Waals surface area contributed by atoms with Gasteiger partial charge in [-0.1, -0.05) is 74.3 Å². The van der Waals surface area contributed by atoms with E-state index in [4.69, 9.17) is 0 Å². The summed E-state index contributed by atoms with van der Waals surface area (Å²) in [4.78, 5) is 0. The Hall–Kier alpha value is -1.34. The molecule has 17 heavy (non-hydrogen) atoms. The Kier molecular flexibility index (Phi) is 3.21. The van der Waals surface area contributed by atoms with Crippen LogP contribution in [0.3, 0.4) is 0 Å². The summed E-state index contributed by atoms with van der Waals surface area (Å²) in [6, 6.07) is 8.88. The molecule has 1 aromatic rings. The molecule has 0 amide bonds. The maximum absolute atomic E-state index is 3.77. The van der Waals surface area contributed by atoms with E-state index in [2.05, 4.69) is 63.0 Å². The maximum atomic E-state index is 3.77. The molecule has 88 valence electrons. The summed E-state index contributed by atoms with van der Waals surface area (Å²) < 4.78 is 0. The Morgan fingerprint density at radius 2 is 1.94 bits per heavy atom. The van der Waals surface area contributed by atoms with Crippen LogP contribution in [0.5, 0.6) is 0 Å². The van der Waals surface area contributed by atoms with Crippen molar-refractivity contribution in [1.82, 2.24) is 0 Å². The molecule has 0 radical (unpaired) electrons. The lowest BCUT2D eigenvalue weighted by Crippen LogP contribution is -2.41. The van der Waals surface area contributed by atoms with Gasteiger partial charge in [0, 0.05) is 0 Å². The van der Waals surface area contributed by atoms with Crippen molar-refractivity contribution in [3.05, 3.63) is 59.8 Å². The zero-order valence-corrected chi connectivity index (χ0v) is 12.0. The molecule has 0 saturated heterocycles. The molecule has 1 aliphatic rings. The summed E-state index contributed by atoms with van der Waals surface area (Å²) in [5, 5.41) is 3.25. The van der Waals surface area contributed by atoms with Gasteiger partial charge in [0.15, 0.2) is 0 Å². The molecule has 1 heterocycles. The van der Waals surface area contributed by atoms with Gasteiger partial charge < -0.3 is 0 Å². The summed E-state index contributed by atoms with van der Waals surface area (Å²) in [5.41, 5.74) is 2.89. The molecule has 2 rings (SSSR count). The molecule has 0 bridgehead atoms. The molecule has 0 N–H and O–H groups in total. The standard InChI is InChI=1S/C16H20Si/c1-5-7-10-13-14-11-8-9-12-16(14)17(3,4)15(13)6-2/h5,7-12H,1,6H2,2-4H3/b10-7-. The molecule has 1 heteroatoms. The normalized spacial score (nSPS) is 17.6. The second kappa shape index (κ2) is 4.50. The average Bonchev–Trinajstić information content (AvgIpc) is 2.55. The van der Waals surface area contributed by atoms with Gasteiger partial charge in [0.1, 0.15) is 8.07 Å². The Morgan fingerprint density at radius 1 is 1.24 bits per heavy atom. The summed E-state index contributed by atoms with van der Waals surface area (Å²) >= 11 is 0. The van der Waals surface area contributed by atoms with Crippen LogP contribution in [-0.4, -0.2) is 8.07 Å². The fraction of sp³-hybridized carbons (Fsp3) is 0.250. The predicted octanol–water partition coefficient (Wildman–Crippen LogP) is 4.06. The van der Waals surface area contributed by atoms with Gasteiger partial charge in [-0.15, -0.1) is 0 Å². The largest absolute Gasteiger partial charge is 0.109 e. The molecular weight excluding hydrogens is 220 g/mol. The Bertz CT molecular complexity index is 504.